The minimum absolute atomic E-state index is 0.0131. The Balaban J connectivity index is 2.54. The average Bonchev–Trinajstić information content (AvgIpc) is 3.18. The molecule has 1 saturated heterocycles. The Labute approximate surface area is 341 Å². The van der Waals surface area contributed by atoms with Gasteiger partial charge in [-0.3, -0.25) is 18.6 Å². The van der Waals surface area contributed by atoms with Crippen LogP contribution in [0.5, 0.6) is 0 Å². The molecular formula is C42H75O14P. The number of hydrogen-bond donors (Lipinski definition) is 6. The maximum absolute atomic E-state index is 12.7. The standard InChI is InChI=1S/C42H75O14P/c1-3-5-7-8-9-10-11-12-13-14-15-16-21-25-40(47)52-32-36(33-54-57(50,51)53-31-35(45)30-43)55-41(48)26-22-18-17-20-24-37-38(46)29-42(49)56-39(37)28-27-34(44)23-19-6-4-2/h6,17,19-20,27-28,34-39,42-46,49H,3-5,7-16,18,21-26,29-33H2,1-2H3,(H,50,51)/b19-6-,20-17-,28-27+. The van der Waals surface area contributed by atoms with Crippen LogP contribution in [-0.4, -0.2) is 106 Å². The molecule has 15 heteroatoms. The lowest BCUT2D eigenvalue weighted by Gasteiger charge is -2.36. The number of phosphoric ester groups is 1. The van der Waals surface area contributed by atoms with Crippen molar-refractivity contribution in [1.29, 1.82) is 0 Å². The van der Waals surface area contributed by atoms with Gasteiger partial charge in [0.15, 0.2) is 12.4 Å². The van der Waals surface area contributed by atoms with Crippen LogP contribution >= 0.6 is 7.82 Å². The van der Waals surface area contributed by atoms with Crippen LogP contribution in [-0.2, 0) is 37.4 Å². The molecule has 14 nitrogen and oxygen atoms in total. The van der Waals surface area contributed by atoms with Gasteiger partial charge in [0.25, 0.3) is 0 Å². The van der Waals surface area contributed by atoms with Gasteiger partial charge in [0.2, 0.25) is 0 Å². The SMILES string of the molecule is CC/C=C\CC(O)/C=C/C1OC(O)CC(O)C1C/C=C\CCCC(=O)OC(COC(=O)CCCCCCCCCCCCCCC)COP(=O)(O)OCC(O)CO. The van der Waals surface area contributed by atoms with E-state index in [0.717, 1.165) is 25.7 Å². The molecule has 8 atom stereocenters. The number of unbranched alkanes of at least 4 members (excludes halogenated alkanes) is 13. The lowest BCUT2D eigenvalue weighted by Crippen LogP contribution is -2.43. The number of aliphatic hydroxyl groups is 5. The molecule has 0 aromatic rings. The molecule has 332 valence electrons. The van der Waals surface area contributed by atoms with Gasteiger partial charge in [0, 0.05) is 25.2 Å². The molecule has 0 bridgehead atoms. The summed E-state index contributed by atoms with van der Waals surface area (Å²) in [5.41, 5.74) is 0. The molecule has 0 amide bonds. The number of ether oxygens (including phenoxy) is 3. The molecule has 0 aromatic heterocycles. The van der Waals surface area contributed by atoms with Crippen LogP contribution in [0.2, 0.25) is 0 Å². The van der Waals surface area contributed by atoms with Gasteiger partial charge in [-0.25, -0.2) is 4.57 Å². The third-order valence-corrected chi connectivity index (χ3v) is 10.5. The summed E-state index contributed by atoms with van der Waals surface area (Å²) in [4.78, 5) is 35.2. The van der Waals surface area contributed by atoms with Crippen molar-refractivity contribution in [2.75, 3.05) is 26.4 Å². The Morgan fingerprint density at radius 1 is 0.789 bits per heavy atom. The highest BCUT2D eigenvalue weighted by atomic mass is 31.2. The van der Waals surface area contributed by atoms with E-state index in [1.54, 1.807) is 12.2 Å². The zero-order chi connectivity index (χ0) is 42.2. The van der Waals surface area contributed by atoms with Crippen molar-refractivity contribution < 1.29 is 67.8 Å². The first kappa shape index (κ1) is 53.0. The number of esters is 2. The molecule has 8 unspecified atom stereocenters. The molecule has 57 heavy (non-hydrogen) atoms. The van der Waals surface area contributed by atoms with Crippen LogP contribution in [0.3, 0.4) is 0 Å². The predicted octanol–water partition coefficient (Wildman–Crippen LogP) is 6.88. The highest BCUT2D eigenvalue weighted by molar-refractivity contribution is 7.47. The lowest BCUT2D eigenvalue weighted by atomic mass is 9.87. The third-order valence-electron chi connectivity index (χ3n) is 9.58. The molecule has 0 aromatic carbocycles. The van der Waals surface area contributed by atoms with Crippen LogP contribution in [0.1, 0.15) is 149 Å². The summed E-state index contributed by atoms with van der Waals surface area (Å²) in [5, 5.41) is 49.2. The summed E-state index contributed by atoms with van der Waals surface area (Å²) < 4.78 is 38.3. The second-order valence-electron chi connectivity index (χ2n) is 14.9. The molecule has 0 radical (unpaired) electrons. The normalized spacial score (nSPS) is 21.5. The molecule has 1 aliphatic heterocycles. The summed E-state index contributed by atoms with van der Waals surface area (Å²) in [6.45, 7) is 1.86. The first-order valence-corrected chi connectivity index (χ1v) is 22.8. The zero-order valence-corrected chi connectivity index (χ0v) is 35.5. The van der Waals surface area contributed by atoms with Crippen molar-refractivity contribution >= 4 is 19.8 Å². The molecule has 1 heterocycles. The van der Waals surface area contributed by atoms with Crippen molar-refractivity contribution in [3.8, 4) is 0 Å². The average molecular weight is 835 g/mol. The topological polar surface area (TPSA) is 219 Å². The van der Waals surface area contributed by atoms with Crippen LogP contribution in [0.4, 0.5) is 0 Å². The fourth-order valence-corrected chi connectivity index (χ4v) is 7.01. The fourth-order valence-electron chi connectivity index (χ4n) is 6.23. The van der Waals surface area contributed by atoms with Crippen LogP contribution in [0, 0.1) is 5.92 Å². The van der Waals surface area contributed by atoms with E-state index >= 15 is 0 Å². The number of carbonyl (C=O) groups excluding carboxylic acids is 2. The van der Waals surface area contributed by atoms with E-state index in [9.17, 15) is 39.5 Å². The Hall–Kier alpha value is -1.97. The van der Waals surface area contributed by atoms with Gasteiger partial charge in [-0.1, -0.05) is 127 Å². The van der Waals surface area contributed by atoms with Crippen molar-refractivity contribution in [1.82, 2.24) is 0 Å². The molecule has 1 fully saturated rings. The Kier molecular flexibility index (Phi) is 31.5. The van der Waals surface area contributed by atoms with Gasteiger partial charge in [-0.2, -0.15) is 0 Å². The Morgan fingerprint density at radius 3 is 2.04 bits per heavy atom. The smallest absolute Gasteiger partial charge is 0.462 e. The van der Waals surface area contributed by atoms with Gasteiger partial charge < -0.3 is 44.6 Å². The number of hydrogen-bond acceptors (Lipinski definition) is 13. The quantitative estimate of drug-likeness (QED) is 0.0166. The molecule has 0 spiro atoms. The van der Waals surface area contributed by atoms with Gasteiger partial charge in [-0.15, -0.1) is 0 Å². The summed E-state index contributed by atoms with van der Waals surface area (Å²) in [5.74, 6) is -1.48. The third kappa shape index (κ3) is 29.0. The first-order valence-electron chi connectivity index (χ1n) is 21.3. The second kappa shape index (κ2) is 33.8. The Morgan fingerprint density at radius 2 is 1.40 bits per heavy atom. The van der Waals surface area contributed by atoms with Gasteiger partial charge in [-0.05, 0) is 38.5 Å². The monoisotopic (exact) mass is 834 g/mol. The van der Waals surface area contributed by atoms with Crippen molar-refractivity contribution in [3.63, 3.8) is 0 Å². The largest absolute Gasteiger partial charge is 0.472 e. The van der Waals surface area contributed by atoms with E-state index in [0.29, 0.717) is 32.1 Å². The van der Waals surface area contributed by atoms with Crippen molar-refractivity contribution in [3.05, 3.63) is 36.5 Å². The highest BCUT2D eigenvalue weighted by Crippen LogP contribution is 2.43. The van der Waals surface area contributed by atoms with E-state index in [4.69, 9.17) is 23.8 Å². The summed E-state index contributed by atoms with van der Waals surface area (Å²) in [7, 11) is -4.69. The number of allylic oxidation sites excluding steroid dienone is 3. The Bertz CT molecular complexity index is 1160. The summed E-state index contributed by atoms with van der Waals surface area (Å²) >= 11 is 0. The predicted molar refractivity (Wildman–Crippen MR) is 218 cm³/mol. The number of phosphoric acid groups is 1. The number of rotatable bonds is 35. The van der Waals surface area contributed by atoms with E-state index in [2.05, 4.69) is 11.4 Å². The molecular weight excluding hydrogens is 759 g/mol. The lowest BCUT2D eigenvalue weighted by molar-refractivity contribution is -0.199. The van der Waals surface area contributed by atoms with Crippen LogP contribution in [0.25, 0.3) is 0 Å². The number of aliphatic hydroxyl groups excluding tert-OH is 5. The maximum Gasteiger partial charge on any atom is 0.472 e. The molecule has 1 rings (SSSR count). The fraction of sp³-hybridized carbons (Fsp3) is 0.810. The molecule has 0 saturated carbocycles. The van der Waals surface area contributed by atoms with Crippen molar-refractivity contribution in [2.24, 2.45) is 5.92 Å². The maximum atomic E-state index is 12.7. The summed E-state index contributed by atoms with van der Waals surface area (Å²) in [6, 6.07) is 0. The zero-order valence-electron chi connectivity index (χ0n) is 34.6. The first-order chi connectivity index (χ1) is 27.4. The minimum atomic E-state index is -4.69. The van der Waals surface area contributed by atoms with E-state index in [-0.39, 0.29) is 25.2 Å². The molecule has 1 aliphatic rings. The van der Waals surface area contributed by atoms with Gasteiger partial charge >= 0.3 is 19.8 Å². The van der Waals surface area contributed by atoms with Crippen LogP contribution in [0.15, 0.2) is 36.5 Å². The van der Waals surface area contributed by atoms with Gasteiger partial charge in [0.1, 0.15) is 12.7 Å². The number of carbonyl (C=O) groups is 2. The van der Waals surface area contributed by atoms with Crippen LogP contribution < -0.4 is 0 Å². The summed E-state index contributed by atoms with van der Waals surface area (Å²) in [6.07, 6.45) is 23.1. The second-order valence-corrected chi connectivity index (χ2v) is 16.3. The van der Waals surface area contributed by atoms with Gasteiger partial charge in [0.05, 0.1) is 38.1 Å². The van der Waals surface area contributed by atoms with E-state index in [1.165, 1.54) is 57.8 Å². The van der Waals surface area contributed by atoms with E-state index in [1.807, 2.05) is 31.2 Å². The van der Waals surface area contributed by atoms with Crippen molar-refractivity contribution in [2.45, 2.75) is 185 Å². The highest BCUT2D eigenvalue weighted by Gasteiger charge is 2.35. The van der Waals surface area contributed by atoms with E-state index < -0.39 is 83.0 Å². The minimum Gasteiger partial charge on any atom is -0.462 e. The molecule has 0 aliphatic carbocycles. The molecule has 6 N–H and O–H groups in total.